The summed E-state index contributed by atoms with van der Waals surface area (Å²) >= 11 is 6.42. The van der Waals surface area contributed by atoms with Gasteiger partial charge in [-0.1, -0.05) is 35.9 Å². The first kappa shape index (κ1) is 24.7. The van der Waals surface area contributed by atoms with E-state index in [0.29, 0.717) is 24.8 Å². The maximum atomic E-state index is 12.5. The summed E-state index contributed by atoms with van der Waals surface area (Å²) in [4.78, 5) is 14.9. The lowest BCUT2D eigenvalue weighted by atomic mass is 10.0. The molecule has 1 saturated heterocycles. The zero-order valence-electron chi connectivity index (χ0n) is 18.4. The molecule has 7 nitrogen and oxygen atoms in total. The van der Waals surface area contributed by atoms with Gasteiger partial charge in [0.1, 0.15) is 0 Å². The van der Waals surface area contributed by atoms with Crippen LogP contribution in [-0.2, 0) is 19.6 Å². The molecule has 0 aromatic heterocycles. The third kappa shape index (κ3) is 6.52. The van der Waals surface area contributed by atoms with E-state index in [2.05, 4.69) is 14.9 Å². The molecule has 0 spiro atoms. The van der Waals surface area contributed by atoms with Gasteiger partial charge in [-0.15, -0.1) is 0 Å². The summed E-state index contributed by atoms with van der Waals surface area (Å²) in [6, 6.07) is 12.5. The third-order valence-electron chi connectivity index (χ3n) is 5.68. The maximum Gasteiger partial charge on any atom is 0.240 e. The van der Waals surface area contributed by atoms with Crippen LogP contribution in [0.3, 0.4) is 0 Å². The average Bonchev–Trinajstić information content (AvgIpc) is 2.77. The highest BCUT2D eigenvalue weighted by molar-refractivity contribution is 7.89. The van der Waals surface area contributed by atoms with Crippen molar-refractivity contribution in [2.75, 3.05) is 39.4 Å². The highest BCUT2D eigenvalue weighted by Crippen LogP contribution is 2.27. The van der Waals surface area contributed by atoms with E-state index >= 15 is 0 Å². The molecule has 2 aromatic carbocycles. The molecule has 1 fully saturated rings. The van der Waals surface area contributed by atoms with Crippen molar-refractivity contribution in [1.82, 2.24) is 14.9 Å². The molecule has 9 heteroatoms. The van der Waals surface area contributed by atoms with E-state index in [1.54, 1.807) is 18.2 Å². The Hall–Kier alpha value is -1.97. The first-order chi connectivity index (χ1) is 15.3. The molecule has 0 radical (unpaired) electrons. The van der Waals surface area contributed by atoms with Gasteiger partial charge >= 0.3 is 0 Å². The van der Waals surface area contributed by atoms with Crippen molar-refractivity contribution in [1.29, 1.82) is 0 Å². The molecule has 2 N–H and O–H groups in total. The highest BCUT2D eigenvalue weighted by Gasteiger charge is 2.25. The van der Waals surface area contributed by atoms with Crippen LogP contribution in [0, 0.1) is 13.8 Å². The number of hydrogen-bond donors (Lipinski definition) is 2. The second-order valence-corrected chi connectivity index (χ2v) is 10.1. The number of nitrogens with one attached hydrogen (secondary N) is 2. The minimum absolute atomic E-state index is 0.0232. The number of benzene rings is 2. The van der Waals surface area contributed by atoms with Gasteiger partial charge in [0.15, 0.2) is 0 Å². The van der Waals surface area contributed by atoms with E-state index in [0.717, 1.165) is 29.8 Å². The van der Waals surface area contributed by atoms with E-state index in [1.165, 1.54) is 0 Å². The van der Waals surface area contributed by atoms with Crippen molar-refractivity contribution in [2.45, 2.75) is 31.2 Å². The van der Waals surface area contributed by atoms with Gasteiger partial charge in [-0.2, -0.15) is 0 Å². The van der Waals surface area contributed by atoms with E-state index < -0.39 is 10.0 Å². The van der Waals surface area contributed by atoms with Crippen LogP contribution >= 0.6 is 11.6 Å². The Balaban J connectivity index is 1.56. The molecular weight excluding hydrogens is 450 g/mol. The lowest BCUT2D eigenvalue weighted by Gasteiger charge is -2.35. The second-order valence-electron chi connectivity index (χ2n) is 7.88. The van der Waals surface area contributed by atoms with Crippen LogP contribution in [0.4, 0.5) is 0 Å². The van der Waals surface area contributed by atoms with Gasteiger partial charge in [-0.3, -0.25) is 9.69 Å². The van der Waals surface area contributed by atoms with Gasteiger partial charge < -0.3 is 10.1 Å². The quantitative estimate of drug-likeness (QED) is 0.577. The summed E-state index contributed by atoms with van der Waals surface area (Å²) in [5, 5.41) is 3.59. The number of ether oxygens (including phenoxy) is 1. The molecule has 1 unspecified atom stereocenters. The summed E-state index contributed by atoms with van der Waals surface area (Å²) in [5.41, 5.74) is 2.88. The van der Waals surface area contributed by atoms with Crippen molar-refractivity contribution < 1.29 is 17.9 Å². The number of carbonyl (C=O) groups excluding carboxylic acids is 1. The third-order valence-corrected chi connectivity index (χ3v) is 7.48. The van der Waals surface area contributed by atoms with Crippen molar-refractivity contribution in [2.24, 2.45) is 0 Å². The number of aryl methyl sites for hydroxylation is 2. The minimum atomic E-state index is -3.66. The summed E-state index contributed by atoms with van der Waals surface area (Å²) in [7, 11) is -3.66. The number of nitrogens with zero attached hydrogens (tertiary/aromatic N) is 1. The summed E-state index contributed by atoms with van der Waals surface area (Å²) in [6.07, 6.45) is 0.0441. The van der Waals surface area contributed by atoms with Gasteiger partial charge in [-0.05, 0) is 48.7 Å². The van der Waals surface area contributed by atoms with Gasteiger partial charge in [-0.25, -0.2) is 13.1 Å². The number of carbonyl (C=O) groups is 1. The molecule has 174 valence electrons. The van der Waals surface area contributed by atoms with E-state index in [9.17, 15) is 13.2 Å². The standard InChI is InChI=1S/C23H30ClN3O4S/c1-17-7-8-19(15-18(17)2)32(29,30)26-10-9-23(28)25-16-22(27-11-13-31-14-12-27)20-5-3-4-6-21(20)24/h3-8,15,22,26H,9-14,16H2,1-2H3,(H,25,28). The SMILES string of the molecule is Cc1ccc(S(=O)(=O)NCCC(=O)NCC(c2ccccc2Cl)N2CCOCC2)cc1C. The first-order valence-electron chi connectivity index (χ1n) is 10.7. The molecule has 1 aliphatic heterocycles. The largest absolute Gasteiger partial charge is 0.379 e. The molecule has 1 atom stereocenters. The molecule has 3 rings (SSSR count). The Morgan fingerprint density at radius 1 is 1.12 bits per heavy atom. The van der Waals surface area contributed by atoms with Crippen molar-refractivity contribution in [3.63, 3.8) is 0 Å². The molecule has 0 aliphatic carbocycles. The van der Waals surface area contributed by atoms with Crippen LogP contribution in [0.1, 0.15) is 29.2 Å². The average molecular weight is 480 g/mol. The smallest absolute Gasteiger partial charge is 0.240 e. The number of morpholine rings is 1. The van der Waals surface area contributed by atoms with Crippen molar-refractivity contribution >= 4 is 27.5 Å². The van der Waals surface area contributed by atoms with E-state index in [1.807, 2.05) is 38.1 Å². The van der Waals surface area contributed by atoms with E-state index in [-0.39, 0.29) is 29.8 Å². The predicted molar refractivity (Wildman–Crippen MR) is 125 cm³/mol. The fourth-order valence-corrected chi connectivity index (χ4v) is 5.01. The number of halogens is 1. The van der Waals surface area contributed by atoms with Crippen LogP contribution in [0.25, 0.3) is 0 Å². The molecule has 1 amide bonds. The summed E-state index contributed by atoms with van der Waals surface area (Å²) < 4.78 is 33.0. The minimum Gasteiger partial charge on any atom is -0.379 e. The highest BCUT2D eigenvalue weighted by atomic mass is 35.5. The molecule has 32 heavy (non-hydrogen) atoms. The van der Waals surface area contributed by atoms with Gasteiger partial charge in [0.25, 0.3) is 0 Å². The van der Waals surface area contributed by atoms with Gasteiger partial charge in [0.2, 0.25) is 15.9 Å². The normalized spacial score (nSPS) is 16.0. The molecule has 1 heterocycles. The van der Waals surface area contributed by atoms with Gasteiger partial charge in [0, 0.05) is 37.6 Å². The number of hydrogen-bond acceptors (Lipinski definition) is 5. The Morgan fingerprint density at radius 3 is 2.53 bits per heavy atom. The zero-order chi connectivity index (χ0) is 23.1. The Kier molecular flexibility index (Phi) is 8.67. The number of amides is 1. The van der Waals surface area contributed by atoms with Crippen LogP contribution in [0.15, 0.2) is 47.4 Å². The topological polar surface area (TPSA) is 87.7 Å². The van der Waals surface area contributed by atoms with Gasteiger partial charge in [0.05, 0.1) is 24.2 Å². The molecule has 0 bridgehead atoms. The predicted octanol–water partition coefficient (Wildman–Crippen LogP) is 2.81. The van der Waals surface area contributed by atoms with Crippen molar-refractivity contribution in [3.05, 3.63) is 64.2 Å². The monoisotopic (exact) mass is 479 g/mol. The zero-order valence-corrected chi connectivity index (χ0v) is 20.0. The van der Waals surface area contributed by atoms with Crippen LogP contribution in [-0.4, -0.2) is 58.6 Å². The summed E-state index contributed by atoms with van der Waals surface area (Å²) in [5.74, 6) is -0.224. The molecule has 1 aliphatic rings. The van der Waals surface area contributed by atoms with Crippen LogP contribution in [0.2, 0.25) is 5.02 Å². The lowest BCUT2D eigenvalue weighted by molar-refractivity contribution is -0.121. The summed E-state index contributed by atoms with van der Waals surface area (Å²) in [6.45, 7) is 6.97. The maximum absolute atomic E-state index is 12.5. The molecule has 0 saturated carbocycles. The number of rotatable bonds is 9. The van der Waals surface area contributed by atoms with Crippen LogP contribution < -0.4 is 10.0 Å². The van der Waals surface area contributed by atoms with Crippen LogP contribution in [0.5, 0.6) is 0 Å². The Morgan fingerprint density at radius 2 is 1.84 bits per heavy atom. The molecular formula is C23H30ClN3O4S. The molecule has 2 aromatic rings. The lowest BCUT2D eigenvalue weighted by Crippen LogP contribution is -2.44. The fourth-order valence-electron chi connectivity index (χ4n) is 3.63. The Bertz CT molecular complexity index is 1040. The second kappa shape index (κ2) is 11.2. The Labute approximate surface area is 195 Å². The fraction of sp³-hybridized carbons (Fsp3) is 0.435. The number of sulfonamides is 1. The van der Waals surface area contributed by atoms with E-state index in [4.69, 9.17) is 16.3 Å². The van der Waals surface area contributed by atoms with Crippen molar-refractivity contribution in [3.8, 4) is 0 Å². The first-order valence-corrected chi connectivity index (χ1v) is 12.5.